The minimum Gasteiger partial charge on any atom is -0.388 e. The van der Waals surface area contributed by atoms with Crippen molar-refractivity contribution in [3.63, 3.8) is 0 Å². The van der Waals surface area contributed by atoms with Crippen molar-refractivity contribution >= 4 is 0 Å². The van der Waals surface area contributed by atoms with Crippen LogP contribution in [0.1, 0.15) is 30.6 Å². The van der Waals surface area contributed by atoms with Crippen molar-refractivity contribution < 1.29 is 9.84 Å². The fraction of sp³-hybridized carbons (Fsp3) is 0.263. The van der Waals surface area contributed by atoms with Crippen LogP contribution in [0.4, 0.5) is 0 Å². The van der Waals surface area contributed by atoms with E-state index in [1.54, 1.807) is 0 Å². The topological polar surface area (TPSA) is 29.5 Å². The Labute approximate surface area is 126 Å². The first-order valence-corrected chi connectivity index (χ1v) is 7.23. The first kappa shape index (κ1) is 15.5. The average molecular weight is 282 g/mol. The molecular weight excluding hydrogens is 260 g/mol. The smallest absolute Gasteiger partial charge is 0.0828 e. The summed E-state index contributed by atoms with van der Waals surface area (Å²) in [6, 6.07) is 19.7. The van der Waals surface area contributed by atoms with Gasteiger partial charge in [-0.2, -0.15) is 0 Å². The van der Waals surface area contributed by atoms with Crippen molar-refractivity contribution in [3.05, 3.63) is 83.9 Å². The molecule has 2 rings (SSSR count). The number of hydrogen-bond donors (Lipinski definition) is 1. The van der Waals surface area contributed by atoms with Crippen molar-refractivity contribution in [1.29, 1.82) is 0 Å². The second-order valence-corrected chi connectivity index (χ2v) is 5.23. The molecule has 2 atom stereocenters. The molecule has 0 aliphatic rings. The van der Waals surface area contributed by atoms with Crippen LogP contribution in [-0.4, -0.2) is 11.2 Å². The zero-order valence-electron chi connectivity index (χ0n) is 12.4. The molecule has 110 valence electrons. The maximum Gasteiger partial charge on any atom is 0.0828 e. The van der Waals surface area contributed by atoms with Gasteiger partial charge >= 0.3 is 0 Å². The van der Waals surface area contributed by atoms with Crippen molar-refractivity contribution in [3.8, 4) is 0 Å². The fourth-order valence-corrected chi connectivity index (χ4v) is 2.12. The van der Waals surface area contributed by atoms with Gasteiger partial charge in [-0.25, -0.2) is 0 Å². The minimum absolute atomic E-state index is 0.0800. The lowest BCUT2D eigenvalue weighted by Gasteiger charge is -2.19. The highest BCUT2D eigenvalue weighted by Gasteiger charge is 2.14. The van der Waals surface area contributed by atoms with Crippen LogP contribution in [0.5, 0.6) is 0 Å². The van der Waals surface area contributed by atoms with Gasteiger partial charge in [0, 0.05) is 6.42 Å². The number of benzene rings is 2. The molecule has 0 radical (unpaired) electrons. The normalized spacial score (nSPS) is 13.6. The Morgan fingerprint density at radius 1 is 1.05 bits per heavy atom. The Bertz CT molecular complexity index is 548. The third-order valence-electron chi connectivity index (χ3n) is 3.56. The van der Waals surface area contributed by atoms with Gasteiger partial charge in [0.05, 0.1) is 18.8 Å². The quantitative estimate of drug-likeness (QED) is 0.768. The maximum atomic E-state index is 10.2. The van der Waals surface area contributed by atoms with Gasteiger partial charge in [-0.05, 0) is 23.6 Å². The van der Waals surface area contributed by atoms with Crippen LogP contribution in [0, 0.1) is 0 Å². The van der Waals surface area contributed by atoms with Crippen LogP contribution >= 0.6 is 0 Å². The van der Waals surface area contributed by atoms with Gasteiger partial charge in [-0.3, -0.25) is 0 Å². The molecule has 1 N–H and O–H groups in total. The van der Waals surface area contributed by atoms with E-state index in [4.69, 9.17) is 4.74 Å². The molecule has 2 heteroatoms. The monoisotopic (exact) mass is 282 g/mol. The summed E-state index contributed by atoms with van der Waals surface area (Å²) in [5, 5.41) is 10.2. The van der Waals surface area contributed by atoms with Crippen molar-refractivity contribution in [1.82, 2.24) is 0 Å². The summed E-state index contributed by atoms with van der Waals surface area (Å²) in [7, 11) is 0. The third-order valence-corrected chi connectivity index (χ3v) is 3.56. The summed E-state index contributed by atoms with van der Waals surface area (Å²) >= 11 is 0. The molecule has 0 spiro atoms. The van der Waals surface area contributed by atoms with E-state index in [1.165, 1.54) is 0 Å². The van der Waals surface area contributed by atoms with E-state index in [0.29, 0.717) is 13.0 Å². The molecule has 0 aliphatic heterocycles. The van der Waals surface area contributed by atoms with Crippen molar-refractivity contribution in [2.24, 2.45) is 0 Å². The van der Waals surface area contributed by atoms with Crippen LogP contribution in [0.2, 0.25) is 0 Å². The zero-order chi connectivity index (χ0) is 15.1. The van der Waals surface area contributed by atoms with Gasteiger partial charge < -0.3 is 9.84 Å². The zero-order valence-corrected chi connectivity index (χ0v) is 12.4. The Morgan fingerprint density at radius 2 is 1.62 bits per heavy atom. The van der Waals surface area contributed by atoms with Gasteiger partial charge in [0.1, 0.15) is 0 Å². The molecule has 2 aromatic rings. The van der Waals surface area contributed by atoms with E-state index in [2.05, 4.69) is 6.58 Å². The molecule has 0 saturated heterocycles. The predicted molar refractivity (Wildman–Crippen MR) is 85.9 cm³/mol. The Kier molecular flexibility index (Phi) is 5.73. The van der Waals surface area contributed by atoms with Crippen LogP contribution in [0.25, 0.3) is 0 Å². The molecule has 0 heterocycles. The summed E-state index contributed by atoms with van der Waals surface area (Å²) in [4.78, 5) is 0. The molecule has 0 bridgehead atoms. The lowest BCUT2D eigenvalue weighted by atomic mass is 10.00. The van der Waals surface area contributed by atoms with E-state index in [0.717, 1.165) is 16.7 Å². The number of hydrogen-bond acceptors (Lipinski definition) is 2. The molecule has 0 saturated carbocycles. The number of rotatable bonds is 7. The molecule has 0 aliphatic carbocycles. The van der Waals surface area contributed by atoms with Gasteiger partial charge in [-0.1, -0.05) is 67.2 Å². The molecule has 2 aromatic carbocycles. The third kappa shape index (κ3) is 4.85. The molecule has 0 aromatic heterocycles. The van der Waals surface area contributed by atoms with Crippen LogP contribution in [0.3, 0.4) is 0 Å². The summed E-state index contributed by atoms with van der Waals surface area (Å²) < 4.78 is 5.82. The highest BCUT2D eigenvalue weighted by Crippen LogP contribution is 2.23. The van der Waals surface area contributed by atoms with Gasteiger partial charge in [0.25, 0.3) is 0 Å². The van der Waals surface area contributed by atoms with Gasteiger partial charge in [0.2, 0.25) is 0 Å². The summed E-state index contributed by atoms with van der Waals surface area (Å²) in [5.41, 5.74) is 2.96. The lowest BCUT2D eigenvalue weighted by molar-refractivity contribution is 0.0679. The number of aliphatic hydroxyl groups is 1. The number of aliphatic hydroxyl groups excluding tert-OH is 1. The minimum atomic E-state index is -0.526. The standard InChI is InChI=1S/C19H22O2/c1-15(13-19(20)18-11-7-4-8-12-18)16(2)21-14-17-9-5-3-6-10-17/h3-12,16,19-20H,1,13-14H2,2H3/t16-,19+/m1/s1. The van der Waals surface area contributed by atoms with Crippen LogP contribution in [0.15, 0.2) is 72.8 Å². The van der Waals surface area contributed by atoms with E-state index in [1.807, 2.05) is 67.6 Å². The van der Waals surface area contributed by atoms with E-state index in [9.17, 15) is 5.11 Å². The average Bonchev–Trinajstić information content (AvgIpc) is 2.54. The molecule has 2 nitrogen and oxygen atoms in total. The van der Waals surface area contributed by atoms with E-state index in [-0.39, 0.29) is 6.10 Å². The van der Waals surface area contributed by atoms with E-state index < -0.39 is 6.10 Å². The lowest BCUT2D eigenvalue weighted by Crippen LogP contribution is -2.13. The Hall–Kier alpha value is -1.90. The summed E-state index contributed by atoms with van der Waals surface area (Å²) in [6.07, 6.45) is -0.0926. The highest BCUT2D eigenvalue weighted by molar-refractivity contribution is 5.20. The highest BCUT2D eigenvalue weighted by atomic mass is 16.5. The fourth-order valence-electron chi connectivity index (χ4n) is 2.12. The Balaban J connectivity index is 1.82. The molecule has 0 amide bonds. The molecule has 0 unspecified atom stereocenters. The SMILES string of the molecule is C=C(C[C@H](O)c1ccccc1)[C@@H](C)OCc1ccccc1. The Morgan fingerprint density at radius 3 is 2.24 bits per heavy atom. The van der Waals surface area contributed by atoms with Gasteiger partial charge in [-0.15, -0.1) is 0 Å². The maximum absolute atomic E-state index is 10.2. The summed E-state index contributed by atoms with van der Waals surface area (Å²) in [5.74, 6) is 0. The molecular formula is C19H22O2. The second kappa shape index (κ2) is 7.77. The second-order valence-electron chi connectivity index (χ2n) is 5.23. The van der Waals surface area contributed by atoms with Crippen LogP contribution in [-0.2, 0) is 11.3 Å². The van der Waals surface area contributed by atoms with Crippen molar-refractivity contribution in [2.75, 3.05) is 0 Å². The van der Waals surface area contributed by atoms with Crippen molar-refractivity contribution in [2.45, 2.75) is 32.2 Å². The van der Waals surface area contributed by atoms with E-state index >= 15 is 0 Å². The largest absolute Gasteiger partial charge is 0.388 e. The first-order chi connectivity index (χ1) is 10.2. The molecule has 0 fully saturated rings. The number of ether oxygens (including phenoxy) is 1. The van der Waals surface area contributed by atoms with Crippen LogP contribution < -0.4 is 0 Å². The predicted octanol–water partition coefficient (Wildman–Crippen LogP) is 4.27. The summed E-state index contributed by atoms with van der Waals surface area (Å²) in [6.45, 7) is 6.58. The first-order valence-electron chi connectivity index (χ1n) is 7.23. The van der Waals surface area contributed by atoms with Gasteiger partial charge in [0.15, 0.2) is 0 Å². The molecule has 21 heavy (non-hydrogen) atoms.